The molecule has 1 amide bonds. The maximum Gasteiger partial charge on any atom is 0.225 e. The molecule has 0 atom stereocenters. The zero-order valence-corrected chi connectivity index (χ0v) is 12.1. The number of hydrogen-bond acceptors (Lipinski definition) is 3. The van der Waals surface area contributed by atoms with Crippen molar-refractivity contribution >= 4 is 11.6 Å². The van der Waals surface area contributed by atoms with Crippen molar-refractivity contribution in [2.24, 2.45) is 0 Å². The van der Waals surface area contributed by atoms with Gasteiger partial charge in [-0.2, -0.15) is 0 Å². The Morgan fingerprint density at radius 3 is 2.74 bits per heavy atom. The van der Waals surface area contributed by atoms with Crippen molar-refractivity contribution in [3.63, 3.8) is 0 Å². The van der Waals surface area contributed by atoms with E-state index >= 15 is 0 Å². The number of carbonyl (C=O) groups is 1. The van der Waals surface area contributed by atoms with Gasteiger partial charge < -0.3 is 15.0 Å². The van der Waals surface area contributed by atoms with E-state index in [4.69, 9.17) is 4.74 Å². The summed E-state index contributed by atoms with van der Waals surface area (Å²) < 4.78 is 5.20. The lowest BCUT2D eigenvalue weighted by Crippen LogP contribution is -2.25. The van der Waals surface area contributed by atoms with Crippen LogP contribution in [0.2, 0.25) is 0 Å². The Balaban J connectivity index is 2.38. The van der Waals surface area contributed by atoms with E-state index in [0.717, 1.165) is 18.8 Å². The molecular formula is C15H24N2O2. The van der Waals surface area contributed by atoms with Crippen LogP contribution in [0.1, 0.15) is 26.2 Å². The number of hydrogen-bond donors (Lipinski definition) is 1. The lowest BCUT2D eigenvalue weighted by atomic mass is 10.2. The molecule has 0 unspecified atom stereocenters. The van der Waals surface area contributed by atoms with Gasteiger partial charge in [-0.25, -0.2) is 0 Å². The quantitative estimate of drug-likeness (QED) is 0.785. The number of nitrogens with one attached hydrogen (secondary N) is 1. The predicted octanol–water partition coefficient (Wildman–Crippen LogP) is 2.76. The molecule has 0 aliphatic carbocycles. The number of anilines is 1. The summed E-state index contributed by atoms with van der Waals surface area (Å²) >= 11 is 0. The van der Waals surface area contributed by atoms with Gasteiger partial charge in [0.05, 0.1) is 12.8 Å². The zero-order valence-electron chi connectivity index (χ0n) is 12.1. The molecule has 0 heterocycles. The second-order valence-corrected chi connectivity index (χ2v) is 4.66. The van der Waals surface area contributed by atoms with Crippen LogP contribution >= 0.6 is 0 Å². The van der Waals surface area contributed by atoms with Crippen molar-refractivity contribution in [1.82, 2.24) is 4.90 Å². The molecule has 0 aliphatic rings. The number of methoxy groups -OCH3 is 1. The first-order chi connectivity index (χ1) is 9.17. The van der Waals surface area contributed by atoms with Crippen molar-refractivity contribution in [2.75, 3.05) is 32.6 Å². The van der Waals surface area contributed by atoms with Crippen LogP contribution in [0.4, 0.5) is 5.69 Å². The predicted molar refractivity (Wildman–Crippen MR) is 78.6 cm³/mol. The van der Waals surface area contributed by atoms with Crippen molar-refractivity contribution < 1.29 is 9.53 Å². The van der Waals surface area contributed by atoms with Crippen LogP contribution in [0, 0.1) is 0 Å². The van der Waals surface area contributed by atoms with E-state index in [1.807, 2.05) is 31.3 Å². The second kappa shape index (κ2) is 8.53. The van der Waals surface area contributed by atoms with Crippen LogP contribution in [0.5, 0.6) is 5.75 Å². The van der Waals surface area contributed by atoms with Crippen molar-refractivity contribution in [3.8, 4) is 5.75 Å². The zero-order chi connectivity index (χ0) is 14.1. The minimum Gasteiger partial charge on any atom is -0.495 e. The number of ether oxygens (including phenoxy) is 1. The van der Waals surface area contributed by atoms with Crippen LogP contribution in [-0.4, -0.2) is 38.1 Å². The number of para-hydroxylation sites is 2. The SMILES string of the molecule is CCCCN(C)CCC(=O)Nc1ccccc1OC. The number of unbranched alkanes of at least 4 members (excludes halogenated alkanes) is 1. The third-order valence-electron chi connectivity index (χ3n) is 3.00. The molecule has 0 aliphatic heterocycles. The fourth-order valence-electron chi connectivity index (χ4n) is 1.79. The van der Waals surface area contributed by atoms with E-state index in [0.29, 0.717) is 12.2 Å². The molecule has 0 bridgehead atoms. The summed E-state index contributed by atoms with van der Waals surface area (Å²) in [5.41, 5.74) is 0.728. The third kappa shape index (κ3) is 5.75. The molecular weight excluding hydrogens is 240 g/mol. The maximum absolute atomic E-state index is 11.9. The number of carbonyl (C=O) groups excluding carboxylic acids is 1. The molecule has 0 fully saturated rings. The first kappa shape index (κ1) is 15.5. The second-order valence-electron chi connectivity index (χ2n) is 4.66. The topological polar surface area (TPSA) is 41.6 Å². The summed E-state index contributed by atoms with van der Waals surface area (Å²) in [6.07, 6.45) is 2.85. The molecule has 0 radical (unpaired) electrons. The van der Waals surface area contributed by atoms with Crippen molar-refractivity contribution in [2.45, 2.75) is 26.2 Å². The largest absolute Gasteiger partial charge is 0.495 e. The van der Waals surface area contributed by atoms with Gasteiger partial charge in [0.1, 0.15) is 5.75 Å². The molecule has 4 nitrogen and oxygen atoms in total. The lowest BCUT2D eigenvalue weighted by Gasteiger charge is -2.16. The summed E-state index contributed by atoms with van der Waals surface area (Å²) in [4.78, 5) is 14.1. The molecule has 4 heteroatoms. The number of rotatable bonds is 8. The highest BCUT2D eigenvalue weighted by atomic mass is 16.5. The molecule has 0 saturated carbocycles. The van der Waals surface area contributed by atoms with Crippen molar-refractivity contribution in [1.29, 1.82) is 0 Å². The number of nitrogens with zero attached hydrogens (tertiary/aromatic N) is 1. The molecule has 1 N–H and O–H groups in total. The Bertz CT molecular complexity index is 393. The Morgan fingerprint density at radius 2 is 2.05 bits per heavy atom. The summed E-state index contributed by atoms with van der Waals surface area (Å²) in [5.74, 6) is 0.711. The minimum atomic E-state index is 0.0212. The maximum atomic E-state index is 11.9. The van der Waals surface area contributed by atoms with Crippen LogP contribution in [0.3, 0.4) is 0 Å². The van der Waals surface area contributed by atoms with Gasteiger partial charge in [-0.15, -0.1) is 0 Å². The Kier molecular flexibility index (Phi) is 6.97. The van der Waals surface area contributed by atoms with Gasteiger partial charge in [0.15, 0.2) is 0 Å². The van der Waals surface area contributed by atoms with E-state index < -0.39 is 0 Å². The Morgan fingerprint density at radius 1 is 1.32 bits per heavy atom. The molecule has 1 aromatic carbocycles. The standard InChI is InChI=1S/C15H24N2O2/c1-4-5-11-17(2)12-10-15(18)16-13-8-6-7-9-14(13)19-3/h6-9H,4-5,10-12H2,1-3H3,(H,16,18). The highest BCUT2D eigenvalue weighted by molar-refractivity contribution is 5.92. The van der Waals surface area contributed by atoms with Gasteiger partial charge in [-0.05, 0) is 32.1 Å². The van der Waals surface area contributed by atoms with Crippen LogP contribution < -0.4 is 10.1 Å². The van der Waals surface area contributed by atoms with Gasteiger partial charge in [0.25, 0.3) is 0 Å². The first-order valence-corrected chi connectivity index (χ1v) is 6.78. The fourth-order valence-corrected chi connectivity index (χ4v) is 1.79. The Hall–Kier alpha value is -1.55. The highest BCUT2D eigenvalue weighted by Gasteiger charge is 2.07. The molecule has 19 heavy (non-hydrogen) atoms. The first-order valence-electron chi connectivity index (χ1n) is 6.78. The van der Waals surface area contributed by atoms with Crippen LogP contribution in [-0.2, 0) is 4.79 Å². The smallest absolute Gasteiger partial charge is 0.225 e. The fraction of sp³-hybridized carbons (Fsp3) is 0.533. The van der Waals surface area contributed by atoms with Gasteiger partial charge in [-0.3, -0.25) is 4.79 Å². The van der Waals surface area contributed by atoms with E-state index in [2.05, 4.69) is 17.1 Å². The van der Waals surface area contributed by atoms with Crippen LogP contribution in [0.15, 0.2) is 24.3 Å². The van der Waals surface area contributed by atoms with Gasteiger partial charge in [0.2, 0.25) is 5.91 Å². The summed E-state index contributed by atoms with van der Waals surface area (Å²) in [6, 6.07) is 7.44. The molecule has 1 rings (SSSR count). The lowest BCUT2D eigenvalue weighted by molar-refractivity contribution is -0.116. The monoisotopic (exact) mass is 264 g/mol. The van der Waals surface area contributed by atoms with E-state index in [-0.39, 0.29) is 5.91 Å². The van der Waals surface area contributed by atoms with Crippen molar-refractivity contribution in [3.05, 3.63) is 24.3 Å². The average molecular weight is 264 g/mol. The minimum absolute atomic E-state index is 0.0212. The van der Waals surface area contributed by atoms with E-state index in [1.54, 1.807) is 7.11 Å². The van der Waals surface area contributed by atoms with E-state index in [9.17, 15) is 4.79 Å². The average Bonchev–Trinajstić information content (AvgIpc) is 2.43. The third-order valence-corrected chi connectivity index (χ3v) is 3.00. The summed E-state index contributed by atoms with van der Waals surface area (Å²) in [5, 5.41) is 2.88. The molecule has 0 saturated heterocycles. The van der Waals surface area contributed by atoms with Crippen LogP contribution in [0.25, 0.3) is 0 Å². The Labute approximate surface area is 115 Å². The van der Waals surface area contributed by atoms with Gasteiger partial charge >= 0.3 is 0 Å². The van der Waals surface area contributed by atoms with E-state index in [1.165, 1.54) is 12.8 Å². The number of amides is 1. The molecule has 0 spiro atoms. The van der Waals surface area contributed by atoms with Gasteiger partial charge in [-0.1, -0.05) is 25.5 Å². The normalized spacial score (nSPS) is 10.5. The molecule has 0 aromatic heterocycles. The summed E-state index contributed by atoms with van der Waals surface area (Å²) in [7, 11) is 3.65. The number of benzene rings is 1. The van der Waals surface area contributed by atoms with Gasteiger partial charge in [0, 0.05) is 13.0 Å². The molecule has 106 valence electrons. The summed E-state index contributed by atoms with van der Waals surface area (Å²) in [6.45, 7) is 3.99. The highest BCUT2D eigenvalue weighted by Crippen LogP contribution is 2.22. The molecule has 1 aromatic rings.